The zero-order valence-electron chi connectivity index (χ0n) is 24.5. The van der Waals surface area contributed by atoms with E-state index in [1.54, 1.807) is 12.1 Å². The van der Waals surface area contributed by atoms with Crippen LogP contribution in [-0.4, -0.2) is 81.1 Å². The topological polar surface area (TPSA) is 89.5 Å². The van der Waals surface area contributed by atoms with Gasteiger partial charge in [0.1, 0.15) is 0 Å². The molecule has 0 bridgehead atoms. The molecule has 0 aliphatic heterocycles. The normalized spacial score (nSPS) is 11.8. The van der Waals surface area contributed by atoms with Gasteiger partial charge in [-0.2, -0.15) is 8.42 Å². The van der Waals surface area contributed by atoms with E-state index in [-0.39, 0.29) is 18.1 Å². The van der Waals surface area contributed by atoms with Crippen LogP contribution in [0.4, 0.5) is 0 Å². The molecule has 0 radical (unpaired) electrons. The maximum atomic E-state index is 12.1. The van der Waals surface area contributed by atoms with Gasteiger partial charge in [0.25, 0.3) is 10.1 Å². The largest absolute Gasteiger partial charge is 0.379 e. The third kappa shape index (κ3) is 22.3. The molecule has 0 saturated carbocycles. The van der Waals surface area contributed by atoms with Crippen molar-refractivity contribution >= 4 is 10.1 Å². The van der Waals surface area contributed by atoms with E-state index >= 15 is 0 Å². The van der Waals surface area contributed by atoms with E-state index in [0.29, 0.717) is 52.9 Å². The minimum atomic E-state index is -3.75. The van der Waals surface area contributed by atoms with Gasteiger partial charge in [-0.1, -0.05) is 88.8 Å². The van der Waals surface area contributed by atoms with E-state index in [2.05, 4.69) is 6.92 Å². The van der Waals surface area contributed by atoms with Gasteiger partial charge in [0.15, 0.2) is 0 Å². The van der Waals surface area contributed by atoms with Crippen LogP contribution in [0.3, 0.4) is 0 Å². The van der Waals surface area contributed by atoms with Crippen LogP contribution in [0.15, 0.2) is 29.2 Å². The summed E-state index contributed by atoms with van der Waals surface area (Å²) in [4.78, 5) is 0.143. The van der Waals surface area contributed by atoms with Gasteiger partial charge >= 0.3 is 0 Å². The van der Waals surface area contributed by atoms with Crippen LogP contribution >= 0.6 is 0 Å². The molecule has 0 heterocycles. The summed E-state index contributed by atoms with van der Waals surface area (Å²) in [5.74, 6) is 0. The first-order valence-corrected chi connectivity index (χ1v) is 16.3. The van der Waals surface area contributed by atoms with Crippen molar-refractivity contribution in [2.75, 3.05) is 72.7 Å². The second-order valence-electron chi connectivity index (χ2n) is 9.69. The predicted octanol–water partition coefficient (Wildman–Crippen LogP) is 6.09. The number of hydrogen-bond donors (Lipinski definition) is 0. The third-order valence-corrected chi connectivity index (χ3v) is 7.48. The van der Waals surface area contributed by atoms with Crippen molar-refractivity contribution in [1.82, 2.24) is 0 Å². The number of unbranched alkanes of at least 4 members (excludes halogenated alkanes) is 10. The Hall–Kier alpha value is -1.07. The molecule has 1 aromatic rings. The lowest BCUT2D eigenvalue weighted by atomic mass is 10.1. The fourth-order valence-electron chi connectivity index (χ4n) is 3.83. The smallest absolute Gasteiger partial charge is 0.297 e. The number of hydrogen-bond acceptors (Lipinski definition) is 8. The van der Waals surface area contributed by atoms with Crippen LogP contribution in [-0.2, 0) is 38.0 Å². The van der Waals surface area contributed by atoms with Gasteiger partial charge < -0.3 is 23.7 Å². The first kappa shape index (κ1) is 36.0. The van der Waals surface area contributed by atoms with Crippen molar-refractivity contribution in [2.24, 2.45) is 0 Å². The molecule has 0 unspecified atom stereocenters. The van der Waals surface area contributed by atoms with Gasteiger partial charge in [-0.05, 0) is 25.5 Å². The third-order valence-electron chi connectivity index (χ3n) is 6.16. The van der Waals surface area contributed by atoms with Crippen LogP contribution in [0.1, 0.15) is 83.1 Å². The standard InChI is InChI=1S/C30H54O8S/c1-3-4-5-6-7-8-9-10-11-12-13-18-33-19-20-34-21-22-35-23-24-36-25-26-37-27-28-38-39(31,32)30-16-14-29(2)15-17-30/h14-17H,3-13,18-28H2,1-2H3. The quantitative estimate of drug-likeness (QED) is 0.0838. The molecule has 0 amide bonds. The summed E-state index contributed by atoms with van der Waals surface area (Å²) in [5.41, 5.74) is 0.988. The first-order chi connectivity index (χ1) is 19.1. The Morgan fingerprint density at radius 1 is 0.487 bits per heavy atom. The Labute approximate surface area is 238 Å². The van der Waals surface area contributed by atoms with E-state index in [1.807, 2.05) is 6.92 Å². The van der Waals surface area contributed by atoms with Crippen molar-refractivity contribution in [3.63, 3.8) is 0 Å². The number of ether oxygens (including phenoxy) is 5. The molecule has 0 fully saturated rings. The van der Waals surface area contributed by atoms with Crippen molar-refractivity contribution < 1.29 is 36.3 Å². The predicted molar refractivity (Wildman–Crippen MR) is 155 cm³/mol. The fraction of sp³-hybridized carbons (Fsp3) is 0.800. The molecule has 0 aliphatic rings. The Morgan fingerprint density at radius 3 is 1.28 bits per heavy atom. The molecular formula is C30H54O8S. The summed E-state index contributed by atoms with van der Waals surface area (Å²) in [6, 6.07) is 6.53. The average Bonchev–Trinajstić information content (AvgIpc) is 2.93. The SMILES string of the molecule is CCCCCCCCCCCCCOCCOCCOCCOCCOCCOS(=O)(=O)c1ccc(C)cc1. The van der Waals surface area contributed by atoms with Gasteiger partial charge in [0, 0.05) is 6.61 Å². The molecular weight excluding hydrogens is 520 g/mol. The second-order valence-corrected chi connectivity index (χ2v) is 11.3. The van der Waals surface area contributed by atoms with Gasteiger partial charge in [0.2, 0.25) is 0 Å². The fourth-order valence-corrected chi connectivity index (χ4v) is 4.72. The summed E-state index contributed by atoms with van der Waals surface area (Å²) in [6.07, 6.45) is 14.8. The zero-order valence-corrected chi connectivity index (χ0v) is 25.4. The molecule has 1 rings (SSSR count). The molecule has 0 spiro atoms. The molecule has 0 N–H and O–H groups in total. The van der Waals surface area contributed by atoms with Gasteiger partial charge in [-0.25, -0.2) is 0 Å². The number of aryl methyl sites for hydroxylation is 1. The van der Waals surface area contributed by atoms with Crippen LogP contribution < -0.4 is 0 Å². The van der Waals surface area contributed by atoms with Crippen molar-refractivity contribution in [1.29, 1.82) is 0 Å². The lowest BCUT2D eigenvalue weighted by Gasteiger charge is -2.08. The maximum Gasteiger partial charge on any atom is 0.297 e. The lowest BCUT2D eigenvalue weighted by molar-refractivity contribution is -0.0127. The van der Waals surface area contributed by atoms with E-state index in [0.717, 1.165) is 18.6 Å². The Kier molecular flexibility index (Phi) is 23.8. The van der Waals surface area contributed by atoms with Gasteiger partial charge in [-0.15, -0.1) is 0 Å². The van der Waals surface area contributed by atoms with Gasteiger partial charge in [0.05, 0.1) is 71.0 Å². The maximum absolute atomic E-state index is 12.1. The lowest BCUT2D eigenvalue weighted by Crippen LogP contribution is -2.15. The summed E-state index contributed by atoms with van der Waals surface area (Å²) < 4.78 is 56.5. The Balaban J connectivity index is 1.72. The van der Waals surface area contributed by atoms with Crippen LogP contribution in [0.2, 0.25) is 0 Å². The Morgan fingerprint density at radius 2 is 0.846 bits per heavy atom. The van der Waals surface area contributed by atoms with E-state index < -0.39 is 10.1 Å². The van der Waals surface area contributed by atoms with Gasteiger partial charge in [-0.3, -0.25) is 4.18 Å². The molecule has 0 aliphatic carbocycles. The minimum absolute atomic E-state index is 0.0380. The van der Waals surface area contributed by atoms with Crippen molar-refractivity contribution in [2.45, 2.75) is 89.4 Å². The van der Waals surface area contributed by atoms with Crippen LogP contribution in [0.25, 0.3) is 0 Å². The molecule has 39 heavy (non-hydrogen) atoms. The average molecular weight is 575 g/mol. The van der Waals surface area contributed by atoms with E-state index in [1.165, 1.54) is 76.3 Å². The molecule has 0 saturated heterocycles. The minimum Gasteiger partial charge on any atom is -0.379 e. The van der Waals surface area contributed by atoms with Crippen molar-refractivity contribution in [3.8, 4) is 0 Å². The number of benzene rings is 1. The first-order valence-electron chi connectivity index (χ1n) is 14.9. The summed E-state index contributed by atoms with van der Waals surface area (Å²) in [5, 5.41) is 0. The monoisotopic (exact) mass is 574 g/mol. The number of rotatable bonds is 29. The zero-order chi connectivity index (χ0) is 28.3. The summed E-state index contributed by atoms with van der Waals surface area (Å²) in [7, 11) is -3.75. The highest BCUT2D eigenvalue weighted by atomic mass is 32.2. The van der Waals surface area contributed by atoms with E-state index in [4.69, 9.17) is 27.9 Å². The van der Waals surface area contributed by atoms with Crippen LogP contribution in [0.5, 0.6) is 0 Å². The van der Waals surface area contributed by atoms with Crippen molar-refractivity contribution in [3.05, 3.63) is 29.8 Å². The molecule has 228 valence electrons. The molecule has 8 nitrogen and oxygen atoms in total. The molecule has 1 aromatic carbocycles. The molecule has 9 heteroatoms. The summed E-state index contributed by atoms with van der Waals surface area (Å²) in [6.45, 7) is 9.09. The van der Waals surface area contributed by atoms with Crippen LogP contribution in [0, 0.1) is 6.92 Å². The Bertz CT molecular complexity index is 755. The highest BCUT2D eigenvalue weighted by Gasteiger charge is 2.14. The second kappa shape index (κ2) is 25.9. The molecule has 0 atom stereocenters. The molecule has 0 aromatic heterocycles. The highest BCUT2D eigenvalue weighted by Crippen LogP contribution is 2.13. The van der Waals surface area contributed by atoms with E-state index in [9.17, 15) is 8.42 Å². The highest BCUT2D eigenvalue weighted by molar-refractivity contribution is 7.86. The summed E-state index contributed by atoms with van der Waals surface area (Å²) >= 11 is 0.